The topological polar surface area (TPSA) is 66.4 Å². The molecule has 0 spiro atoms. The third-order valence-corrected chi connectivity index (χ3v) is 4.67. The van der Waals surface area contributed by atoms with Gasteiger partial charge in [0.2, 0.25) is 5.91 Å². The molecule has 0 heterocycles. The predicted molar refractivity (Wildman–Crippen MR) is 68.0 cm³/mol. The number of nitrogens with one attached hydrogen (secondary N) is 1. The van der Waals surface area contributed by atoms with Crippen molar-refractivity contribution >= 4 is 11.9 Å². The van der Waals surface area contributed by atoms with Gasteiger partial charge in [-0.05, 0) is 37.5 Å². The van der Waals surface area contributed by atoms with E-state index >= 15 is 0 Å². The molecule has 2 aliphatic carbocycles. The number of carbonyl (C=O) groups excluding carboxylic acids is 1. The van der Waals surface area contributed by atoms with Gasteiger partial charge in [0.25, 0.3) is 0 Å². The second-order valence-corrected chi connectivity index (χ2v) is 5.97. The summed E-state index contributed by atoms with van der Waals surface area (Å²) in [7, 11) is 0. The van der Waals surface area contributed by atoms with Crippen LogP contribution < -0.4 is 5.32 Å². The van der Waals surface area contributed by atoms with Crippen molar-refractivity contribution in [3.63, 3.8) is 0 Å². The summed E-state index contributed by atoms with van der Waals surface area (Å²) < 4.78 is 0. The standard InChI is InChI=1S/C14H23NO3/c1-3-4-8(2)13(16)15-12-7-9-5-10(14(17)18)6-11(9)12/h8-12H,3-7H2,1-2H3,(H,15,16)(H,17,18). The molecule has 0 aromatic carbocycles. The molecule has 0 aliphatic heterocycles. The van der Waals surface area contributed by atoms with Crippen LogP contribution in [-0.2, 0) is 9.59 Å². The van der Waals surface area contributed by atoms with Crippen molar-refractivity contribution in [1.29, 1.82) is 0 Å². The molecule has 2 fully saturated rings. The molecule has 2 N–H and O–H groups in total. The summed E-state index contributed by atoms with van der Waals surface area (Å²) in [5.74, 6) is 0.287. The summed E-state index contributed by atoms with van der Waals surface area (Å²) in [4.78, 5) is 22.9. The minimum atomic E-state index is -0.672. The maximum atomic E-state index is 11.9. The molecule has 2 aliphatic rings. The average Bonchev–Trinajstić information content (AvgIpc) is 2.64. The Morgan fingerprint density at radius 3 is 2.67 bits per heavy atom. The zero-order valence-corrected chi connectivity index (χ0v) is 11.2. The third-order valence-electron chi connectivity index (χ3n) is 4.67. The molecule has 2 saturated carbocycles. The molecule has 18 heavy (non-hydrogen) atoms. The third kappa shape index (κ3) is 2.52. The molecule has 5 unspecified atom stereocenters. The van der Waals surface area contributed by atoms with E-state index in [-0.39, 0.29) is 23.8 Å². The van der Waals surface area contributed by atoms with Crippen molar-refractivity contribution in [3.05, 3.63) is 0 Å². The van der Waals surface area contributed by atoms with Crippen LogP contribution in [0.4, 0.5) is 0 Å². The quantitative estimate of drug-likeness (QED) is 0.788. The Kier molecular flexibility index (Phi) is 3.93. The van der Waals surface area contributed by atoms with Crippen molar-refractivity contribution in [1.82, 2.24) is 5.32 Å². The molecule has 4 heteroatoms. The highest BCUT2D eigenvalue weighted by molar-refractivity contribution is 5.78. The first kappa shape index (κ1) is 13.4. The van der Waals surface area contributed by atoms with E-state index < -0.39 is 5.97 Å². The molecular formula is C14H23NO3. The van der Waals surface area contributed by atoms with Crippen molar-refractivity contribution in [2.24, 2.45) is 23.7 Å². The lowest BCUT2D eigenvalue weighted by molar-refractivity contribution is -0.141. The molecule has 1 amide bonds. The highest BCUT2D eigenvalue weighted by Gasteiger charge is 2.49. The summed E-state index contributed by atoms with van der Waals surface area (Å²) in [5.41, 5.74) is 0. The average molecular weight is 253 g/mol. The van der Waals surface area contributed by atoms with Crippen molar-refractivity contribution < 1.29 is 14.7 Å². The molecule has 5 atom stereocenters. The monoisotopic (exact) mass is 253 g/mol. The maximum absolute atomic E-state index is 11.9. The maximum Gasteiger partial charge on any atom is 0.306 e. The van der Waals surface area contributed by atoms with Crippen LogP contribution >= 0.6 is 0 Å². The lowest BCUT2D eigenvalue weighted by Gasteiger charge is -2.41. The van der Waals surface area contributed by atoms with Crippen LogP contribution in [0.1, 0.15) is 46.0 Å². The van der Waals surface area contributed by atoms with E-state index in [1.54, 1.807) is 0 Å². The number of hydrogen-bond acceptors (Lipinski definition) is 2. The second-order valence-electron chi connectivity index (χ2n) is 5.97. The lowest BCUT2D eigenvalue weighted by atomic mass is 9.71. The van der Waals surface area contributed by atoms with Crippen molar-refractivity contribution in [2.75, 3.05) is 0 Å². The summed E-state index contributed by atoms with van der Waals surface area (Å²) >= 11 is 0. The Labute approximate surface area is 108 Å². The van der Waals surface area contributed by atoms with Gasteiger partial charge in [-0.15, -0.1) is 0 Å². The van der Waals surface area contributed by atoms with E-state index in [1.165, 1.54) is 0 Å². The molecule has 4 nitrogen and oxygen atoms in total. The smallest absolute Gasteiger partial charge is 0.306 e. The molecular weight excluding hydrogens is 230 g/mol. The van der Waals surface area contributed by atoms with E-state index in [2.05, 4.69) is 12.2 Å². The van der Waals surface area contributed by atoms with Gasteiger partial charge in [0.1, 0.15) is 0 Å². The minimum Gasteiger partial charge on any atom is -0.481 e. The zero-order valence-electron chi connectivity index (χ0n) is 11.2. The van der Waals surface area contributed by atoms with Crippen LogP contribution in [0.25, 0.3) is 0 Å². The number of aliphatic carboxylic acids is 1. The number of amides is 1. The highest BCUT2D eigenvalue weighted by atomic mass is 16.4. The number of hydrogen-bond donors (Lipinski definition) is 2. The van der Waals surface area contributed by atoms with E-state index in [1.807, 2.05) is 6.92 Å². The number of carboxylic acid groups (broad SMARTS) is 1. The van der Waals surface area contributed by atoms with Gasteiger partial charge in [-0.1, -0.05) is 20.3 Å². The second kappa shape index (κ2) is 5.29. The van der Waals surface area contributed by atoms with Gasteiger partial charge in [-0.3, -0.25) is 9.59 Å². The Morgan fingerprint density at radius 1 is 1.33 bits per heavy atom. The number of carbonyl (C=O) groups is 2. The SMILES string of the molecule is CCCC(C)C(=O)NC1CC2CC(C(=O)O)CC21. The van der Waals surface area contributed by atoms with E-state index in [9.17, 15) is 9.59 Å². The number of carboxylic acids is 1. The number of fused-ring (bicyclic) bond motifs is 1. The first-order chi connectivity index (χ1) is 8.52. The summed E-state index contributed by atoms with van der Waals surface area (Å²) in [6.45, 7) is 4.04. The Bertz CT molecular complexity index is 342. The fourth-order valence-corrected chi connectivity index (χ4v) is 3.48. The normalized spacial score (nSPS) is 35.4. The zero-order chi connectivity index (χ0) is 13.3. The molecule has 0 radical (unpaired) electrons. The first-order valence-electron chi connectivity index (χ1n) is 7.06. The highest BCUT2D eigenvalue weighted by Crippen LogP contribution is 2.49. The fraction of sp³-hybridized carbons (Fsp3) is 0.857. The van der Waals surface area contributed by atoms with Crippen LogP contribution in [0.5, 0.6) is 0 Å². The molecule has 0 aromatic rings. The van der Waals surface area contributed by atoms with Gasteiger partial charge in [-0.25, -0.2) is 0 Å². The Hall–Kier alpha value is -1.06. The van der Waals surface area contributed by atoms with Crippen LogP contribution in [0, 0.1) is 23.7 Å². The van der Waals surface area contributed by atoms with Gasteiger partial charge in [0.15, 0.2) is 0 Å². The van der Waals surface area contributed by atoms with Crippen molar-refractivity contribution in [3.8, 4) is 0 Å². The van der Waals surface area contributed by atoms with Gasteiger partial charge in [-0.2, -0.15) is 0 Å². The first-order valence-corrected chi connectivity index (χ1v) is 7.06. The summed E-state index contributed by atoms with van der Waals surface area (Å²) in [5, 5.41) is 12.1. The van der Waals surface area contributed by atoms with Crippen LogP contribution in [-0.4, -0.2) is 23.0 Å². The van der Waals surface area contributed by atoms with Crippen molar-refractivity contribution in [2.45, 2.75) is 52.0 Å². The molecule has 0 aromatic heterocycles. The van der Waals surface area contributed by atoms with E-state index in [0.29, 0.717) is 11.8 Å². The predicted octanol–water partition coefficient (Wildman–Crippen LogP) is 2.04. The van der Waals surface area contributed by atoms with Crippen LogP contribution in [0.15, 0.2) is 0 Å². The number of rotatable bonds is 5. The summed E-state index contributed by atoms with van der Waals surface area (Å²) in [6, 6.07) is 0.228. The Balaban J connectivity index is 1.80. The van der Waals surface area contributed by atoms with E-state index in [4.69, 9.17) is 5.11 Å². The largest absolute Gasteiger partial charge is 0.481 e. The van der Waals surface area contributed by atoms with Gasteiger partial charge >= 0.3 is 5.97 Å². The van der Waals surface area contributed by atoms with E-state index in [0.717, 1.165) is 32.1 Å². The fourth-order valence-electron chi connectivity index (χ4n) is 3.48. The lowest BCUT2D eigenvalue weighted by Crippen LogP contribution is -2.51. The van der Waals surface area contributed by atoms with Crippen LogP contribution in [0.2, 0.25) is 0 Å². The Morgan fingerprint density at radius 2 is 2.06 bits per heavy atom. The molecule has 102 valence electrons. The van der Waals surface area contributed by atoms with Gasteiger partial charge in [0, 0.05) is 12.0 Å². The van der Waals surface area contributed by atoms with Crippen LogP contribution in [0.3, 0.4) is 0 Å². The molecule has 0 bridgehead atoms. The summed E-state index contributed by atoms with van der Waals surface area (Å²) in [6.07, 6.45) is 4.46. The van der Waals surface area contributed by atoms with Gasteiger partial charge in [0.05, 0.1) is 5.92 Å². The molecule has 0 saturated heterocycles. The minimum absolute atomic E-state index is 0.0747. The van der Waals surface area contributed by atoms with Gasteiger partial charge < -0.3 is 10.4 Å². The molecule has 2 rings (SSSR count).